The van der Waals surface area contributed by atoms with Crippen molar-refractivity contribution in [2.75, 3.05) is 5.73 Å². The molecule has 1 saturated carbocycles. The number of hydrogen-bond acceptors (Lipinski definition) is 3. The molecule has 1 aliphatic rings. The molecule has 0 bridgehead atoms. The molecule has 1 aliphatic carbocycles. The number of nitrogens with zero attached hydrogens (tertiary/aromatic N) is 1. The Morgan fingerprint density at radius 3 is 2.76 bits per heavy atom. The Labute approximate surface area is 123 Å². The maximum absolute atomic E-state index is 14.4. The molecule has 0 radical (unpaired) electrons. The molecule has 1 fully saturated rings. The van der Waals surface area contributed by atoms with Crippen molar-refractivity contribution in [2.24, 2.45) is 5.92 Å². The Bertz CT molecular complexity index is 653. The number of anilines is 1. The summed E-state index contributed by atoms with van der Waals surface area (Å²) in [6, 6.07) is 4.99. The molecular weight excluding hydrogens is 269 g/mol. The molecule has 2 atom stereocenters. The summed E-state index contributed by atoms with van der Waals surface area (Å²) < 4.78 is 20.5. The van der Waals surface area contributed by atoms with Gasteiger partial charge in [-0.1, -0.05) is 6.92 Å². The van der Waals surface area contributed by atoms with Gasteiger partial charge in [0.05, 0.1) is 17.4 Å². The van der Waals surface area contributed by atoms with Gasteiger partial charge in [0.1, 0.15) is 17.4 Å². The molecule has 0 aliphatic heterocycles. The summed E-state index contributed by atoms with van der Waals surface area (Å²) >= 11 is 0. The van der Waals surface area contributed by atoms with Crippen molar-refractivity contribution in [2.45, 2.75) is 39.2 Å². The fourth-order valence-electron chi connectivity index (χ4n) is 2.97. The first-order valence-electron chi connectivity index (χ1n) is 7.31. The standard InChI is InChI=1S/C16H20FN3O/c1-9-3-4-11(5-9)21-14-7-10(2)6-12(17)16(14)13-8-15(18)20-19-13/h6-9,11H,3-5H2,1-2H3,(H3,18,19,20)/t9-,11-/m1/s1. The maximum atomic E-state index is 14.4. The van der Waals surface area contributed by atoms with Gasteiger partial charge in [-0.3, -0.25) is 5.10 Å². The molecule has 0 spiro atoms. The Kier molecular flexibility index (Phi) is 3.57. The summed E-state index contributed by atoms with van der Waals surface area (Å²) in [4.78, 5) is 0. The zero-order chi connectivity index (χ0) is 15.0. The second-order valence-corrected chi connectivity index (χ2v) is 5.98. The van der Waals surface area contributed by atoms with E-state index in [1.54, 1.807) is 6.07 Å². The number of nitrogen functional groups attached to an aromatic ring is 1. The minimum absolute atomic E-state index is 0.153. The van der Waals surface area contributed by atoms with E-state index in [2.05, 4.69) is 17.1 Å². The normalized spacial score (nSPS) is 21.7. The van der Waals surface area contributed by atoms with E-state index in [9.17, 15) is 4.39 Å². The summed E-state index contributed by atoms with van der Waals surface area (Å²) in [5, 5.41) is 6.63. The number of H-pyrrole nitrogens is 1. The zero-order valence-corrected chi connectivity index (χ0v) is 12.3. The van der Waals surface area contributed by atoms with Crippen LogP contribution in [0.5, 0.6) is 5.75 Å². The SMILES string of the molecule is Cc1cc(F)c(-c2cc(N)n[nH]2)c(O[C@@H]2CC[C@@H](C)C2)c1. The fourth-order valence-corrected chi connectivity index (χ4v) is 2.97. The number of aromatic amines is 1. The first-order valence-corrected chi connectivity index (χ1v) is 7.31. The van der Waals surface area contributed by atoms with Gasteiger partial charge in [-0.25, -0.2) is 4.39 Å². The van der Waals surface area contributed by atoms with E-state index in [0.717, 1.165) is 24.8 Å². The van der Waals surface area contributed by atoms with Crippen LogP contribution in [0.1, 0.15) is 31.7 Å². The average molecular weight is 289 g/mol. The third-order valence-corrected chi connectivity index (χ3v) is 4.01. The molecule has 112 valence electrons. The highest BCUT2D eigenvalue weighted by atomic mass is 19.1. The number of hydrogen-bond donors (Lipinski definition) is 2. The lowest BCUT2D eigenvalue weighted by Gasteiger charge is -2.17. The third kappa shape index (κ3) is 2.86. The van der Waals surface area contributed by atoms with Crippen molar-refractivity contribution in [1.82, 2.24) is 10.2 Å². The number of nitrogens with one attached hydrogen (secondary N) is 1. The van der Waals surface area contributed by atoms with Crippen LogP contribution in [-0.2, 0) is 0 Å². The number of rotatable bonds is 3. The third-order valence-electron chi connectivity index (χ3n) is 4.01. The van der Waals surface area contributed by atoms with Crippen molar-refractivity contribution < 1.29 is 9.13 Å². The number of aromatic nitrogens is 2. The summed E-state index contributed by atoms with van der Waals surface area (Å²) in [6.45, 7) is 4.08. The van der Waals surface area contributed by atoms with Crippen LogP contribution in [0.4, 0.5) is 10.2 Å². The van der Waals surface area contributed by atoms with Crippen molar-refractivity contribution in [3.8, 4) is 17.0 Å². The highest BCUT2D eigenvalue weighted by molar-refractivity contribution is 5.70. The van der Waals surface area contributed by atoms with Crippen molar-refractivity contribution in [1.29, 1.82) is 0 Å². The Morgan fingerprint density at radius 1 is 1.33 bits per heavy atom. The number of benzene rings is 1. The monoisotopic (exact) mass is 289 g/mol. The highest BCUT2D eigenvalue weighted by Gasteiger charge is 2.25. The molecule has 0 unspecified atom stereocenters. The predicted octanol–water partition coefficient (Wildman–Crippen LogP) is 3.67. The molecule has 0 amide bonds. The van der Waals surface area contributed by atoms with E-state index in [1.165, 1.54) is 6.07 Å². The van der Waals surface area contributed by atoms with Crippen LogP contribution in [0, 0.1) is 18.7 Å². The van der Waals surface area contributed by atoms with Crippen molar-refractivity contribution in [3.05, 3.63) is 29.6 Å². The molecule has 2 aromatic rings. The van der Waals surface area contributed by atoms with Gasteiger partial charge >= 0.3 is 0 Å². The van der Waals surface area contributed by atoms with E-state index in [-0.39, 0.29) is 11.9 Å². The molecule has 21 heavy (non-hydrogen) atoms. The second kappa shape index (κ2) is 5.39. The lowest BCUT2D eigenvalue weighted by atomic mass is 10.1. The number of aryl methyl sites for hydroxylation is 1. The van der Waals surface area contributed by atoms with E-state index in [1.807, 2.05) is 13.0 Å². The number of nitrogens with two attached hydrogens (primary N) is 1. The van der Waals surface area contributed by atoms with Gasteiger partial charge in [0.15, 0.2) is 0 Å². The Balaban J connectivity index is 1.98. The number of halogens is 1. The average Bonchev–Trinajstić information content (AvgIpc) is 2.98. The van der Waals surface area contributed by atoms with E-state index >= 15 is 0 Å². The molecule has 4 nitrogen and oxygen atoms in total. The van der Waals surface area contributed by atoms with Crippen LogP contribution in [0.2, 0.25) is 0 Å². The van der Waals surface area contributed by atoms with Gasteiger partial charge in [-0.15, -0.1) is 0 Å². The molecule has 1 heterocycles. The largest absolute Gasteiger partial charge is 0.490 e. The van der Waals surface area contributed by atoms with Crippen LogP contribution >= 0.6 is 0 Å². The minimum Gasteiger partial charge on any atom is -0.490 e. The first kappa shape index (κ1) is 13.9. The zero-order valence-electron chi connectivity index (χ0n) is 12.3. The second-order valence-electron chi connectivity index (χ2n) is 5.98. The van der Waals surface area contributed by atoms with Crippen LogP contribution < -0.4 is 10.5 Å². The molecule has 3 rings (SSSR count). The van der Waals surface area contributed by atoms with E-state index < -0.39 is 0 Å². The molecule has 1 aromatic carbocycles. The summed E-state index contributed by atoms with van der Waals surface area (Å²) in [5.74, 6) is 1.25. The molecule has 5 heteroatoms. The molecular formula is C16H20FN3O. The number of ether oxygens (including phenoxy) is 1. The maximum Gasteiger partial charge on any atom is 0.145 e. The lowest BCUT2D eigenvalue weighted by Crippen LogP contribution is -2.13. The Hall–Kier alpha value is -2.04. The summed E-state index contributed by atoms with van der Waals surface area (Å²) in [7, 11) is 0. The molecule has 0 saturated heterocycles. The Morgan fingerprint density at radius 2 is 2.14 bits per heavy atom. The van der Waals surface area contributed by atoms with Crippen LogP contribution in [0.15, 0.2) is 18.2 Å². The van der Waals surface area contributed by atoms with Gasteiger partial charge in [0.2, 0.25) is 0 Å². The highest BCUT2D eigenvalue weighted by Crippen LogP contribution is 2.36. The topological polar surface area (TPSA) is 63.9 Å². The lowest BCUT2D eigenvalue weighted by molar-refractivity contribution is 0.205. The molecule has 3 N–H and O–H groups in total. The van der Waals surface area contributed by atoms with Crippen molar-refractivity contribution >= 4 is 5.82 Å². The van der Waals surface area contributed by atoms with Crippen LogP contribution in [-0.4, -0.2) is 16.3 Å². The predicted molar refractivity (Wildman–Crippen MR) is 80.6 cm³/mol. The minimum atomic E-state index is -0.320. The van der Waals surface area contributed by atoms with Crippen LogP contribution in [0.3, 0.4) is 0 Å². The van der Waals surface area contributed by atoms with Gasteiger partial charge in [-0.05, 0) is 49.8 Å². The van der Waals surface area contributed by atoms with Gasteiger partial charge in [0.25, 0.3) is 0 Å². The summed E-state index contributed by atoms with van der Waals surface area (Å²) in [5.41, 5.74) is 7.41. The van der Waals surface area contributed by atoms with Gasteiger partial charge in [0, 0.05) is 6.07 Å². The van der Waals surface area contributed by atoms with Gasteiger partial charge in [-0.2, -0.15) is 5.10 Å². The molecule has 1 aromatic heterocycles. The van der Waals surface area contributed by atoms with Gasteiger partial charge < -0.3 is 10.5 Å². The van der Waals surface area contributed by atoms with E-state index in [4.69, 9.17) is 10.5 Å². The fraction of sp³-hybridized carbons (Fsp3) is 0.438. The van der Waals surface area contributed by atoms with Crippen molar-refractivity contribution in [3.63, 3.8) is 0 Å². The summed E-state index contributed by atoms with van der Waals surface area (Å²) in [6.07, 6.45) is 3.34. The smallest absolute Gasteiger partial charge is 0.145 e. The first-order chi connectivity index (χ1) is 10.0. The van der Waals surface area contributed by atoms with E-state index in [0.29, 0.717) is 28.7 Å². The quantitative estimate of drug-likeness (QED) is 0.906. The van der Waals surface area contributed by atoms with Crippen LogP contribution in [0.25, 0.3) is 11.3 Å².